The second-order valence-corrected chi connectivity index (χ2v) is 4.18. The molecular weight excluding hydrogens is 296 g/mol. The topological polar surface area (TPSA) is 109 Å². The predicted molar refractivity (Wildman–Crippen MR) is 76.8 cm³/mol. The highest BCUT2D eigenvalue weighted by molar-refractivity contribution is 7.80. The van der Waals surface area contributed by atoms with Crippen molar-refractivity contribution in [3.63, 3.8) is 0 Å². The van der Waals surface area contributed by atoms with Gasteiger partial charge in [0.1, 0.15) is 0 Å². The first kappa shape index (κ1) is 16.5. The quantitative estimate of drug-likeness (QED) is 0.397. The Kier molecular flexibility index (Phi) is 6.75. The molecule has 21 heavy (non-hydrogen) atoms. The van der Waals surface area contributed by atoms with Crippen LogP contribution in [0.4, 0.5) is 0 Å². The summed E-state index contributed by atoms with van der Waals surface area (Å²) in [5.41, 5.74) is 5.08. The molecule has 0 saturated carbocycles. The van der Waals surface area contributed by atoms with Crippen molar-refractivity contribution in [3.05, 3.63) is 30.1 Å². The highest BCUT2D eigenvalue weighted by Crippen LogP contribution is 1.94. The molecule has 0 spiro atoms. The van der Waals surface area contributed by atoms with Gasteiger partial charge in [-0.05, 0) is 24.4 Å². The molecule has 0 fully saturated rings. The first-order valence-electron chi connectivity index (χ1n) is 5.90. The van der Waals surface area contributed by atoms with Gasteiger partial charge in [0.2, 0.25) is 5.91 Å². The number of amides is 2. The maximum Gasteiger partial charge on any atom is 0.306 e. The monoisotopic (exact) mass is 310 g/mol. The highest BCUT2D eigenvalue weighted by atomic mass is 32.1. The van der Waals surface area contributed by atoms with E-state index in [1.807, 2.05) is 0 Å². The van der Waals surface area contributed by atoms with Crippen LogP contribution in [-0.2, 0) is 14.3 Å². The van der Waals surface area contributed by atoms with Crippen LogP contribution in [0, 0.1) is 0 Å². The summed E-state index contributed by atoms with van der Waals surface area (Å²) in [6.45, 7) is 0. The Labute approximate surface area is 126 Å². The average molecular weight is 310 g/mol. The zero-order valence-corrected chi connectivity index (χ0v) is 12.0. The molecule has 2 amide bonds. The van der Waals surface area contributed by atoms with Gasteiger partial charge in [-0.3, -0.25) is 30.2 Å². The van der Waals surface area contributed by atoms with Crippen LogP contribution in [0.25, 0.3) is 0 Å². The van der Waals surface area contributed by atoms with E-state index in [-0.39, 0.29) is 18.0 Å². The van der Waals surface area contributed by atoms with Gasteiger partial charge in [0.25, 0.3) is 5.91 Å². The minimum Gasteiger partial charge on any atom is -0.469 e. The number of nitrogens with one attached hydrogen (secondary N) is 3. The maximum absolute atomic E-state index is 11.7. The van der Waals surface area contributed by atoms with Gasteiger partial charge in [-0.1, -0.05) is 0 Å². The van der Waals surface area contributed by atoms with Crippen molar-refractivity contribution < 1.29 is 19.1 Å². The molecule has 0 aliphatic heterocycles. The third-order valence-electron chi connectivity index (χ3n) is 2.27. The maximum atomic E-state index is 11.7. The number of rotatable bonds is 4. The molecule has 0 aromatic carbocycles. The van der Waals surface area contributed by atoms with Gasteiger partial charge in [0, 0.05) is 24.4 Å². The highest BCUT2D eigenvalue weighted by Gasteiger charge is 2.09. The second-order valence-electron chi connectivity index (χ2n) is 3.77. The number of nitrogens with zero attached hydrogens (tertiary/aromatic N) is 1. The fourth-order valence-electron chi connectivity index (χ4n) is 1.23. The van der Waals surface area contributed by atoms with Crippen LogP contribution in [0.2, 0.25) is 0 Å². The smallest absolute Gasteiger partial charge is 0.306 e. The molecule has 1 heterocycles. The van der Waals surface area contributed by atoms with Crippen molar-refractivity contribution >= 4 is 35.1 Å². The van der Waals surface area contributed by atoms with Gasteiger partial charge in [-0.2, -0.15) is 0 Å². The zero-order chi connectivity index (χ0) is 15.7. The lowest BCUT2D eigenvalue weighted by Crippen LogP contribution is -2.48. The van der Waals surface area contributed by atoms with E-state index in [1.54, 1.807) is 0 Å². The minimum atomic E-state index is -0.491. The number of ether oxygens (including phenoxy) is 1. The van der Waals surface area contributed by atoms with Gasteiger partial charge in [0.15, 0.2) is 5.11 Å². The molecule has 1 rings (SSSR count). The number of thiocarbonyl (C=S) groups is 1. The molecule has 0 unspecified atom stereocenters. The number of hydrazine groups is 1. The van der Waals surface area contributed by atoms with Crippen molar-refractivity contribution in [3.8, 4) is 0 Å². The van der Waals surface area contributed by atoms with Gasteiger partial charge < -0.3 is 10.1 Å². The van der Waals surface area contributed by atoms with Crippen molar-refractivity contribution in [1.29, 1.82) is 0 Å². The Bertz CT molecular complexity index is 535. The van der Waals surface area contributed by atoms with Crippen LogP contribution in [0.1, 0.15) is 23.2 Å². The second kappa shape index (κ2) is 8.59. The molecule has 0 aliphatic carbocycles. The van der Waals surface area contributed by atoms with Crippen molar-refractivity contribution in [1.82, 2.24) is 21.2 Å². The van der Waals surface area contributed by atoms with Crippen LogP contribution in [0.3, 0.4) is 0 Å². The summed E-state index contributed by atoms with van der Waals surface area (Å²) in [6, 6.07) is 3.05. The fraction of sp³-hybridized carbons (Fsp3) is 0.250. The van der Waals surface area contributed by atoms with E-state index >= 15 is 0 Å². The lowest BCUT2D eigenvalue weighted by molar-refractivity contribution is -0.142. The third kappa shape index (κ3) is 6.43. The number of hydrogen-bond acceptors (Lipinski definition) is 6. The summed E-state index contributed by atoms with van der Waals surface area (Å²) in [5.74, 6) is -1.38. The summed E-state index contributed by atoms with van der Waals surface area (Å²) in [7, 11) is 1.24. The number of carbonyl (C=O) groups excluding carboxylic acids is 3. The Hall–Kier alpha value is -2.55. The Morgan fingerprint density at radius 1 is 1.19 bits per heavy atom. The molecule has 3 N–H and O–H groups in total. The van der Waals surface area contributed by atoms with Crippen LogP contribution < -0.4 is 16.2 Å². The molecule has 1 aromatic heterocycles. The van der Waals surface area contributed by atoms with Gasteiger partial charge in [0.05, 0.1) is 13.5 Å². The normalized spacial score (nSPS) is 9.38. The zero-order valence-electron chi connectivity index (χ0n) is 11.2. The Morgan fingerprint density at radius 3 is 2.48 bits per heavy atom. The lowest BCUT2D eigenvalue weighted by Gasteiger charge is -2.10. The number of esters is 1. The minimum absolute atomic E-state index is 0.0473. The van der Waals surface area contributed by atoms with E-state index in [0.29, 0.717) is 5.56 Å². The van der Waals surface area contributed by atoms with Gasteiger partial charge in [-0.25, -0.2) is 0 Å². The van der Waals surface area contributed by atoms with Crippen molar-refractivity contribution in [2.75, 3.05) is 7.11 Å². The standard InChI is InChI=1S/C12H14N4O4S/c1-20-10(18)3-2-9(17)14-12(21)16-15-11(19)8-4-6-13-7-5-8/h4-7H,2-3H2,1H3,(H,15,19)(H2,14,16,17,21). The molecule has 112 valence electrons. The predicted octanol–water partition coefficient (Wildman–Crippen LogP) is -0.330. The van der Waals surface area contributed by atoms with Crippen LogP contribution >= 0.6 is 12.2 Å². The number of methoxy groups -OCH3 is 1. The molecule has 0 radical (unpaired) electrons. The fourth-order valence-corrected chi connectivity index (χ4v) is 1.39. The van der Waals surface area contributed by atoms with Crippen LogP contribution in [0.5, 0.6) is 0 Å². The van der Waals surface area contributed by atoms with Crippen molar-refractivity contribution in [2.24, 2.45) is 0 Å². The molecule has 0 atom stereocenters. The van der Waals surface area contributed by atoms with E-state index in [1.165, 1.54) is 31.6 Å². The third-order valence-corrected chi connectivity index (χ3v) is 2.47. The summed E-state index contributed by atoms with van der Waals surface area (Å²) in [4.78, 5) is 37.7. The van der Waals surface area contributed by atoms with E-state index < -0.39 is 17.8 Å². The van der Waals surface area contributed by atoms with E-state index in [0.717, 1.165) is 0 Å². The van der Waals surface area contributed by atoms with Crippen LogP contribution in [0.15, 0.2) is 24.5 Å². The lowest BCUT2D eigenvalue weighted by atomic mass is 10.3. The molecule has 9 heteroatoms. The SMILES string of the molecule is COC(=O)CCC(=O)NC(=S)NNC(=O)c1ccncc1. The van der Waals surface area contributed by atoms with Gasteiger partial charge >= 0.3 is 5.97 Å². The first-order valence-corrected chi connectivity index (χ1v) is 6.30. The molecular formula is C12H14N4O4S. The summed E-state index contributed by atoms with van der Waals surface area (Å²) in [5, 5.41) is 2.24. The van der Waals surface area contributed by atoms with Gasteiger partial charge in [-0.15, -0.1) is 0 Å². The van der Waals surface area contributed by atoms with Crippen molar-refractivity contribution in [2.45, 2.75) is 12.8 Å². The summed E-state index contributed by atoms with van der Waals surface area (Å²) < 4.78 is 4.40. The summed E-state index contributed by atoms with van der Waals surface area (Å²) >= 11 is 4.82. The summed E-state index contributed by atoms with van der Waals surface area (Å²) in [6.07, 6.45) is 2.84. The number of carbonyl (C=O) groups is 3. The first-order chi connectivity index (χ1) is 10.0. The molecule has 0 bridgehead atoms. The van der Waals surface area contributed by atoms with Crippen LogP contribution in [-0.4, -0.2) is 35.0 Å². The largest absolute Gasteiger partial charge is 0.469 e. The Balaban J connectivity index is 2.29. The number of pyridine rings is 1. The number of aromatic nitrogens is 1. The molecule has 0 aliphatic rings. The van der Waals surface area contributed by atoms with E-state index in [4.69, 9.17) is 12.2 Å². The Morgan fingerprint density at radius 2 is 1.86 bits per heavy atom. The number of hydrogen-bond donors (Lipinski definition) is 3. The van der Waals surface area contributed by atoms with E-state index in [9.17, 15) is 14.4 Å². The average Bonchev–Trinajstić information content (AvgIpc) is 2.51. The molecule has 8 nitrogen and oxygen atoms in total. The molecule has 1 aromatic rings. The van der Waals surface area contributed by atoms with E-state index in [2.05, 4.69) is 25.9 Å². The molecule has 0 saturated heterocycles.